The zero-order valence-electron chi connectivity index (χ0n) is 9.14. The van der Waals surface area contributed by atoms with Crippen molar-refractivity contribution in [2.75, 3.05) is 0 Å². The highest BCUT2D eigenvalue weighted by atomic mass is 79.9. The van der Waals surface area contributed by atoms with Crippen molar-refractivity contribution in [2.24, 2.45) is 0 Å². The fourth-order valence-electron chi connectivity index (χ4n) is 0.581. The molecule has 0 amide bonds. The van der Waals surface area contributed by atoms with Crippen LogP contribution in [-0.2, 0) is 4.79 Å². The molecule has 0 radical (unpaired) electrons. The molecule has 0 spiro atoms. The smallest absolute Gasteiger partial charge is 0.252 e. The molecule has 0 fully saturated rings. The Kier molecular flexibility index (Phi) is 7.56. The van der Waals surface area contributed by atoms with Crippen LogP contribution in [0.15, 0.2) is 24.3 Å². The summed E-state index contributed by atoms with van der Waals surface area (Å²) in [6, 6.07) is 6.41. The monoisotopic (exact) mass is 402 g/mol. The molecule has 17 heavy (non-hydrogen) atoms. The third-order valence-corrected chi connectivity index (χ3v) is 3.89. The molecule has 0 heterocycles. The van der Waals surface area contributed by atoms with Crippen LogP contribution in [0.2, 0.25) is 5.02 Å². The Labute approximate surface area is 127 Å². The Morgan fingerprint density at radius 1 is 1.18 bits per heavy atom. The van der Waals surface area contributed by atoms with E-state index in [-0.39, 0.29) is 4.69 Å². The largest absolute Gasteiger partial charge is 0.285 e. The van der Waals surface area contributed by atoms with Crippen LogP contribution in [0.1, 0.15) is 24.2 Å². The first-order valence-corrected chi connectivity index (χ1v) is 6.83. The van der Waals surface area contributed by atoms with E-state index in [1.54, 1.807) is 38.1 Å². The Morgan fingerprint density at radius 3 is 1.76 bits per heavy atom. The third-order valence-electron chi connectivity index (χ3n) is 1.54. The Hall–Kier alpha value is 0.1000. The number of carbonyl (C=O) groups is 2. The predicted molar refractivity (Wildman–Crippen MR) is 78.6 cm³/mol. The lowest BCUT2D eigenvalue weighted by Gasteiger charge is -2.06. The number of carbonyl (C=O) groups excluding carboxylic acids is 2. The molecule has 0 aliphatic heterocycles. The van der Waals surface area contributed by atoms with Gasteiger partial charge in [0.15, 0.2) is 0 Å². The van der Waals surface area contributed by atoms with Gasteiger partial charge in [-0.15, -0.1) is 0 Å². The molecular formula is C11H10Br2Cl2O2. The number of benzene rings is 1. The first-order valence-electron chi connectivity index (χ1n) is 4.49. The Morgan fingerprint density at radius 2 is 1.53 bits per heavy atom. The lowest BCUT2D eigenvalue weighted by Crippen LogP contribution is -2.17. The molecule has 0 saturated carbocycles. The van der Waals surface area contributed by atoms with Crippen LogP contribution in [0.4, 0.5) is 0 Å². The summed E-state index contributed by atoms with van der Waals surface area (Å²) in [6.45, 7) is 3.56. The van der Waals surface area contributed by atoms with Gasteiger partial charge in [0, 0.05) is 10.6 Å². The molecule has 0 atom stereocenters. The zero-order chi connectivity index (χ0) is 13.6. The maximum atomic E-state index is 10.5. The summed E-state index contributed by atoms with van der Waals surface area (Å²) in [7, 11) is 0. The van der Waals surface area contributed by atoms with Gasteiger partial charge in [0.05, 0.1) is 4.32 Å². The fourth-order valence-corrected chi connectivity index (χ4v) is 0.833. The summed E-state index contributed by atoms with van der Waals surface area (Å²) in [5.74, 6) is 0. The molecule has 0 saturated heterocycles. The van der Waals surface area contributed by atoms with Crippen molar-refractivity contribution in [3.8, 4) is 0 Å². The van der Waals surface area contributed by atoms with Crippen LogP contribution < -0.4 is 0 Å². The van der Waals surface area contributed by atoms with Gasteiger partial charge >= 0.3 is 0 Å². The van der Waals surface area contributed by atoms with Crippen LogP contribution >= 0.6 is 55.1 Å². The van der Waals surface area contributed by atoms with Gasteiger partial charge in [0.2, 0.25) is 4.69 Å². The summed E-state index contributed by atoms with van der Waals surface area (Å²) in [4.78, 5) is 20.8. The van der Waals surface area contributed by atoms with E-state index in [4.69, 9.17) is 23.2 Å². The SMILES string of the molecule is CC(C)(Br)C(=O)Br.O=C(Cl)c1ccc(Cl)cc1. The molecule has 0 N–H and O–H groups in total. The van der Waals surface area contributed by atoms with Crippen LogP contribution in [0.3, 0.4) is 0 Å². The van der Waals surface area contributed by atoms with Crippen LogP contribution in [0, 0.1) is 0 Å². The van der Waals surface area contributed by atoms with Gasteiger partial charge in [-0.25, -0.2) is 0 Å². The van der Waals surface area contributed by atoms with E-state index in [0.29, 0.717) is 10.6 Å². The van der Waals surface area contributed by atoms with Crippen molar-refractivity contribution in [1.82, 2.24) is 0 Å². The minimum Gasteiger partial charge on any atom is -0.285 e. The number of alkyl halides is 1. The number of halogens is 4. The molecule has 1 rings (SSSR count). The van der Waals surface area contributed by atoms with Gasteiger partial charge in [0.25, 0.3) is 5.24 Å². The van der Waals surface area contributed by atoms with Crippen molar-refractivity contribution in [3.63, 3.8) is 0 Å². The highest BCUT2D eigenvalue weighted by molar-refractivity contribution is 9.20. The van der Waals surface area contributed by atoms with E-state index < -0.39 is 9.57 Å². The Bertz CT molecular complexity index is 397. The molecule has 1 aromatic carbocycles. The molecule has 0 aliphatic carbocycles. The molecule has 0 aromatic heterocycles. The third kappa shape index (κ3) is 7.92. The van der Waals surface area contributed by atoms with Crippen molar-refractivity contribution < 1.29 is 9.59 Å². The lowest BCUT2D eigenvalue weighted by atomic mass is 10.2. The van der Waals surface area contributed by atoms with E-state index in [2.05, 4.69) is 31.9 Å². The topological polar surface area (TPSA) is 34.1 Å². The normalized spacial score (nSPS) is 10.2. The van der Waals surface area contributed by atoms with E-state index in [1.165, 1.54) is 0 Å². The number of rotatable bonds is 2. The Balaban J connectivity index is 0.000000325. The minimum atomic E-state index is -0.461. The van der Waals surface area contributed by atoms with Gasteiger partial charge in [-0.3, -0.25) is 9.59 Å². The van der Waals surface area contributed by atoms with Crippen molar-refractivity contribution in [1.29, 1.82) is 0 Å². The summed E-state index contributed by atoms with van der Waals surface area (Å²) in [5, 5.41) is 0.137. The summed E-state index contributed by atoms with van der Waals surface area (Å²) in [5.41, 5.74) is 0.464. The van der Waals surface area contributed by atoms with Crippen LogP contribution in [-0.4, -0.2) is 14.3 Å². The van der Waals surface area contributed by atoms with E-state index >= 15 is 0 Å². The van der Waals surface area contributed by atoms with Crippen molar-refractivity contribution >= 4 is 65.0 Å². The standard InChI is InChI=1S/C7H4Cl2O.C4H6Br2O/c8-6-3-1-5(2-4-6)7(9)10;1-4(2,6)3(5)7/h1-4H;1-2H3. The molecule has 0 unspecified atom stereocenters. The maximum absolute atomic E-state index is 10.5. The average molecular weight is 405 g/mol. The molecule has 2 nitrogen and oxygen atoms in total. The summed E-state index contributed by atoms with van der Waals surface area (Å²) in [6.07, 6.45) is 0. The van der Waals surface area contributed by atoms with E-state index in [0.717, 1.165) is 0 Å². The molecule has 94 valence electrons. The minimum absolute atomic E-state index is 0.0278. The summed E-state index contributed by atoms with van der Waals surface area (Å²) >= 11 is 16.7. The molecule has 0 aliphatic rings. The first kappa shape index (κ1) is 17.1. The number of hydrogen-bond donors (Lipinski definition) is 0. The second kappa shape index (κ2) is 7.52. The quantitative estimate of drug-likeness (QED) is 0.524. The summed E-state index contributed by atoms with van der Waals surface area (Å²) < 4.78 is -0.437. The van der Waals surface area contributed by atoms with E-state index in [9.17, 15) is 9.59 Å². The first-order chi connectivity index (χ1) is 7.64. The van der Waals surface area contributed by atoms with Crippen LogP contribution in [0.25, 0.3) is 0 Å². The lowest BCUT2D eigenvalue weighted by molar-refractivity contribution is -0.111. The highest BCUT2D eigenvalue weighted by Gasteiger charge is 2.19. The van der Waals surface area contributed by atoms with Gasteiger partial charge in [-0.05, 0) is 65.6 Å². The maximum Gasteiger partial charge on any atom is 0.252 e. The van der Waals surface area contributed by atoms with Gasteiger partial charge in [0.1, 0.15) is 0 Å². The molecule has 6 heteroatoms. The fraction of sp³-hybridized carbons (Fsp3) is 0.273. The van der Waals surface area contributed by atoms with E-state index in [1.807, 2.05) is 0 Å². The van der Waals surface area contributed by atoms with Gasteiger partial charge in [-0.2, -0.15) is 0 Å². The predicted octanol–water partition coefficient (Wildman–Crippen LogP) is 4.80. The van der Waals surface area contributed by atoms with Crippen molar-refractivity contribution in [3.05, 3.63) is 34.9 Å². The molecule has 0 bridgehead atoms. The van der Waals surface area contributed by atoms with Crippen LogP contribution in [0.5, 0.6) is 0 Å². The second-order valence-electron chi connectivity index (χ2n) is 3.53. The van der Waals surface area contributed by atoms with Crippen molar-refractivity contribution in [2.45, 2.75) is 18.2 Å². The van der Waals surface area contributed by atoms with Gasteiger partial charge in [-0.1, -0.05) is 27.5 Å². The zero-order valence-corrected chi connectivity index (χ0v) is 13.8. The second-order valence-corrected chi connectivity index (χ2v) is 7.01. The highest BCUT2D eigenvalue weighted by Crippen LogP contribution is 2.19. The molecular weight excluding hydrogens is 395 g/mol. The van der Waals surface area contributed by atoms with Gasteiger partial charge < -0.3 is 0 Å². The average Bonchev–Trinajstić information content (AvgIpc) is 2.17. The molecule has 1 aromatic rings. The number of hydrogen-bond acceptors (Lipinski definition) is 2.